The molecule has 1 N–H and O–H groups in total. The van der Waals surface area contributed by atoms with Crippen LogP contribution in [0, 0.1) is 17.0 Å². The summed E-state index contributed by atoms with van der Waals surface area (Å²) in [5.41, 5.74) is 1.53. The molecule has 0 spiro atoms. The first kappa shape index (κ1) is 18.8. The van der Waals surface area contributed by atoms with Gasteiger partial charge in [0.2, 0.25) is 5.91 Å². The summed E-state index contributed by atoms with van der Waals surface area (Å²) in [7, 11) is 0. The van der Waals surface area contributed by atoms with Crippen LogP contribution < -0.4 is 5.32 Å². The number of amides is 1. The average molecular weight is 360 g/mol. The molecule has 0 aliphatic carbocycles. The van der Waals surface area contributed by atoms with Gasteiger partial charge in [-0.05, 0) is 58.3 Å². The average Bonchev–Trinajstić information content (AvgIpc) is 2.88. The predicted molar refractivity (Wildman–Crippen MR) is 100 cm³/mol. The third-order valence-corrected chi connectivity index (χ3v) is 5.44. The summed E-state index contributed by atoms with van der Waals surface area (Å²) in [5, 5.41) is 14.2. The van der Waals surface area contributed by atoms with Crippen molar-refractivity contribution in [1.29, 1.82) is 0 Å². The van der Waals surface area contributed by atoms with Crippen LogP contribution in [0.4, 0.5) is 5.69 Å². The van der Waals surface area contributed by atoms with E-state index in [9.17, 15) is 14.9 Å². The van der Waals surface area contributed by atoms with Crippen LogP contribution in [0.15, 0.2) is 18.2 Å². The monoisotopic (exact) mass is 360 g/mol. The molecule has 3 saturated heterocycles. The van der Waals surface area contributed by atoms with E-state index in [4.69, 9.17) is 0 Å². The summed E-state index contributed by atoms with van der Waals surface area (Å²) in [6, 6.07) is 5.11. The zero-order valence-corrected chi connectivity index (χ0v) is 15.8. The quantitative estimate of drug-likeness (QED) is 0.644. The van der Waals surface area contributed by atoms with Crippen molar-refractivity contribution in [2.45, 2.75) is 51.7 Å². The molecule has 1 aromatic rings. The number of nitrogens with zero attached hydrogens (tertiary/aromatic N) is 3. The highest BCUT2D eigenvalue weighted by Gasteiger charge is 2.37. The third-order valence-electron chi connectivity index (χ3n) is 5.44. The van der Waals surface area contributed by atoms with Crippen molar-refractivity contribution in [2.24, 2.45) is 0 Å². The van der Waals surface area contributed by atoms with Gasteiger partial charge in [0, 0.05) is 36.8 Å². The van der Waals surface area contributed by atoms with Crippen LogP contribution in [0.3, 0.4) is 0 Å². The molecule has 2 bridgehead atoms. The van der Waals surface area contributed by atoms with Gasteiger partial charge >= 0.3 is 0 Å². The summed E-state index contributed by atoms with van der Waals surface area (Å²) in [4.78, 5) is 28.6. The molecule has 7 nitrogen and oxygen atoms in total. The number of fused-ring (bicyclic) bond motifs is 4. The van der Waals surface area contributed by atoms with Gasteiger partial charge in [-0.3, -0.25) is 19.8 Å². The minimum absolute atomic E-state index is 0.0198. The lowest BCUT2D eigenvalue weighted by molar-refractivity contribution is -0.385. The topological polar surface area (TPSA) is 78.7 Å². The highest BCUT2D eigenvalue weighted by molar-refractivity contribution is 5.83. The number of aryl methyl sites for hydroxylation is 1. The van der Waals surface area contributed by atoms with Crippen molar-refractivity contribution in [2.75, 3.05) is 26.2 Å². The number of nitrogens with one attached hydrogen (secondary N) is 1. The van der Waals surface area contributed by atoms with E-state index in [-0.39, 0.29) is 22.6 Å². The highest BCUT2D eigenvalue weighted by atomic mass is 16.6. The summed E-state index contributed by atoms with van der Waals surface area (Å²) in [6.45, 7) is 9.62. The number of benzene rings is 1. The molecule has 1 aromatic carbocycles. The van der Waals surface area contributed by atoms with Gasteiger partial charge in [0.15, 0.2) is 0 Å². The van der Waals surface area contributed by atoms with E-state index in [1.165, 1.54) is 6.07 Å². The molecule has 26 heavy (non-hydrogen) atoms. The summed E-state index contributed by atoms with van der Waals surface area (Å²) in [5.74, 6) is -0.0198. The second-order valence-corrected chi connectivity index (χ2v) is 7.68. The van der Waals surface area contributed by atoms with E-state index in [0.717, 1.165) is 44.6 Å². The summed E-state index contributed by atoms with van der Waals surface area (Å²) in [6.07, 6.45) is 2.13. The van der Waals surface area contributed by atoms with Crippen LogP contribution in [0.2, 0.25) is 0 Å². The smallest absolute Gasteiger partial charge is 0.272 e. The van der Waals surface area contributed by atoms with E-state index < -0.39 is 6.04 Å². The number of rotatable bonds is 5. The number of carbonyl (C=O) groups excluding carboxylic acids is 1. The molecule has 0 saturated carbocycles. The maximum Gasteiger partial charge on any atom is 0.272 e. The molecule has 0 radical (unpaired) electrons. The second-order valence-electron chi connectivity index (χ2n) is 7.68. The van der Waals surface area contributed by atoms with Gasteiger partial charge in [-0.1, -0.05) is 6.07 Å². The molecule has 3 aliphatic heterocycles. The molecule has 1 atom stereocenters. The summed E-state index contributed by atoms with van der Waals surface area (Å²) >= 11 is 0. The Morgan fingerprint density at radius 1 is 1.23 bits per heavy atom. The molecule has 1 amide bonds. The Morgan fingerprint density at radius 3 is 2.50 bits per heavy atom. The number of hydrogen-bond donors (Lipinski definition) is 1. The minimum atomic E-state index is -0.403. The van der Waals surface area contributed by atoms with E-state index in [2.05, 4.69) is 15.1 Å². The minimum Gasteiger partial charge on any atom is -0.352 e. The van der Waals surface area contributed by atoms with Gasteiger partial charge in [-0.2, -0.15) is 0 Å². The molecule has 3 fully saturated rings. The Balaban J connectivity index is 1.96. The summed E-state index contributed by atoms with van der Waals surface area (Å²) < 4.78 is 0. The number of hydrogen-bond acceptors (Lipinski definition) is 5. The first-order valence-corrected chi connectivity index (χ1v) is 9.40. The van der Waals surface area contributed by atoms with E-state index in [0.29, 0.717) is 11.6 Å². The van der Waals surface area contributed by atoms with E-state index >= 15 is 0 Å². The lowest BCUT2D eigenvalue weighted by Crippen LogP contribution is -2.47. The van der Waals surface area contributed by atoms with Crippen LogP contribution in [0.25, 0.3) is 0 Å². The lowest BCUT2D eigenvalue weighted by Gasteiger charge is -2.37. The van der Waals surface area contributed by atoms with Gasteiger partial charge in [0.25, 0.3) is 5.69 Å². The first-order chi connectivity index (χ1) is 12.4. The van der Waals surface area contributed by atoms with Crippen LogP contribution in [-0.2, 0) is 4.79 Å². The van der Waals surface area contributed by atoms with Gasteiger partial charge in [-0.25, -0.2) is 0 Å². The normalized spacial score (nSPS) is 24.3. The van der Waals surface area contributed by atoms with Gasteiger partial charge in [0.05, 0.1) is 4.92 Å². The zero-order chi connectivity index (χ0) is 18.8. The van der Waals surface area contributed by atoms with Crippen molar-refractivity contribution in [3.05, 3.63) is 39.4 Å². The molecule has 1 unspecified atom stereocenters. The number of carbonyl (C=O) groups is 1. The number of nitro benzene ring substituents is 1. The Bertz CT molecular complexity index is 683. The Morgan fingerprint density at radius 2 is 1.92 bits per heavy atom. The van der Waals surface area contributed by atoms with Crippen LogP contribution in [-0.4, -0.2) is 58.9 Å². The fraction of sp³-hybridized carbons (Fsp3) is 0.632. The SMILES string of the molecule is Cc1cc(C(C(=O)NC(C)C)N2CCN3CCC2CC3)ccc1[N+](=O)[O-]. The maximum atomic E-state index is 13.1. The Hall–Kier alpha value is -1.99. The van der Waals surface area contributed by atoms with Gasteiger partial charge < -0.3 is 10.2 Å². The van der Waals surface area contributed by atoms with Crippen LogP contribution in [0.5, 0.6) is 0 Å². The van der Waals surface area contributed by atoms with Crippen molar-refractivity contribution in [3.8, 4) is 0 Å². The molecular weight excluding hydrogens is 332 g/mol. The van der Waals surface area contributed by atoms with E-state index in [1.54, 1.807) is 19.1 Å². The standard InChI is InChI=1S/C19H28N4O3/c1-13(2)20-19(24)18(15-4-5-17(23(25)26)14(3)12-15)22-11-10-21-8-6-16(22)7-9-21/h4-5,12-13,16,18H,6-11H2,1-3H3,(H,20,24). The predicted octanol–water partition coefficient (Wildman–Crippen LogP) is 2.25. The zero-order valence-electron chi connectivity index (χ0n) is 15.8. The van der Waals surface area contributed by atoms with Gasteiger partial charge in [-0.15, -0.1) is 0 Å². The molecule has 142 valence electrons. The molecule has 3 aliphatic rings. The van der Waals surface area contributed by atoms with Gasteiger partial charge in [0.1, 0.15) is 6.04 Å². The highest BCUT2D eigenvalue weighted by Crippen LogP contribution is 2.32. The largest absolute Gasteiger partial charge is 0.352 e. The fourth-order valence-corrected chi connectivity index (χ4v) is 4.16. The van der Waals surface area contributed by atoms with Crippen LogP contribution in [0.1, 0.15) is 43.9 Å². The van der Waals surface area contributed by atoms with Crippen LogP contribution >= 0.6 is 0 Å². The van der Waals surface area contributed by atoms with Crippen molar-refractivity contribution in [1.82, 2.24) is 15.1 Å². The lowest BCUT2D eigenvalue weighted by atomic mass is 9.97. The molecule has 0 aromatic heterocycles. The van der Waals surface area contributed by atoms with Crippen molar-refractivity contribution < 1.29 is 9.72 Å². The Kier molecular flexibility index (Phi) is 5.58. The third kappa shape index (κ3) is 3.88. The molecule has 4 rings (SSSR count). The fourth-order valence-electron chi connectivity index (χ4n) is 4.16. The first-order valence-electron chi connectivity index (χ1n) is 9.40. The van der Waals surface area contributed by atoms with E-state index in [1.807, 2.05) is 13.8 Å². The van der Waals surface area contributed by atoms with Crippen molar-refractivity contribution >= 4 is 11.6 Å². The number of piperidine rings is 1. The maximum absolute atomic E-state index is 13.1. The second kappa shape index (κ2) is 7.72. The molecule has 3 heterocycles. The number of nitro groups is 1. The molecular formula is C19H28N4O3. The Labute approximate surface area is 154 Å². The van der Waals surface area contributed by atoms with Crippen molar-refractivity contribution in [3.63, 3.8) is 0 Å². The molecule has 7 heteroatoms.